The molecule has 1 rings (SSSR count). The average Bonchev–Trinajstić information content (AvgIpc) is 2.26. The van der Waals surface area contributed by atoms with Gasteiger partial charge in [0.2, 0.25) is 0 Å². The van der Waals surface area contributed by atoms with Crippen LogP contribution in [0.15, 0.2) is 45.5 Å². The van der Waals surface area contributed by atoms with E-state index in [1.807, 2.05) is 18.2 Å². The largest absolute Gasteiger partial charge is 0.383 e. The number of allylic oxidation sites excluding steroid dienone is 1. The number of aliphatic imine (C=N–C) groups is 1. The van der Waals surface area contributed by atoms with Crippen LogP contribution in [0.4, 0.5) is 0 Å². The van der Waals surface area contributed by atoms with Gasteiger partial charge in [0, 0.05) is 5.56 Å². The van der Waals surface area contributed by atoms with Crippen LogP contribution in [0.1, 0.15) is 5.56 Å². The first-order valence-corrected chi connectivity index (χ1v) is 4.80. The summed E-state index contributed by atoms with van der Waals surface area (Å²) in [5.74, 6) is 0.191. The van der Waals surface area contributed by atoms with Crippen molar-refractivity contribution >= 4 is 35.3 Å². The molecule has 0 radical (unpaired) electrons. The molecule has 2 N–H and O–H groups in total. The van der Waals surface area contributed by atoms with Gasteiger partial charge in [-0.05, 0) is 0 Å². The molecule has 0 aliphatic rings. The van der Waals surface area contributed by atoms with Gasteiger partial charge in [0.25, 0.3) is 0 Å². The minimum Gasteiger partial charge on any atom is -0.383 e. The second-order valence-electron chi connectivity index (χ2n) is 2.63. The smallest absolute Gasteiger partial charge is 0.170 e. The predicted octanol–water partition coefficient (Wildman–Crippen LogP) is 2.24. The molecule has 0 aliphatic heterocycles. The standard InChI is InChI=1S/C10H8Cl2N2O/c11-9(12)8(6-15)14-10(13)7-4-2-1-3-5-7/h1-6H,(H2,13,14). The monoisotopic (exact) mass is 242 g/mol. The van der Waals surface area contributed by atoms with Crippen LogP contribution in [-0.2, 0) is 4.79 Å². The van der Waals surface area contributed by atoms with Crippen LogP contribution in [0.25, 0.3) is 0 Å². The van der Waals surface area contributed by atoms with Gasteiger partial charge >= 0.3 is 0 Å². The Morgan fingerprint density at radius 3 is 2.33 bits per heavy atom. The molecule has 1 aromatic rings. The first kappa shape index (κ1) is 11.8. The molecule has 0 saturated heterocycles. The Morgan fingerprint density at radius 1 is 1.27 bits per heavy atom. The summed E-state index contributed by atoms with van der Waals surface area (Å²) in [5.41, 5.74) is 6.27. The van der Waals surface area contributed by atoms with E-state index in [-0.39, 0.29) is 16.0 Å². The molecule has 0 aliphatic carbocycles. The lowest BCUT2D eigenvalue weighted by molar-refractivity contribution is -0.104. The van der Waals surface area contributed by atoms with Crippen LogP contribution in [0.2, 0.25) is 0 Å². The Labute approximate surface area is 97.2 Å². The minimum atomic E-state index is -0.205. The van der Waals surface area contributed by atoms with Gasteiger partial charge in [-0.1, -0.05) is 53.5 Å². The van der Waals surface area contributed by atoms with Gasteiger partial charge in [-0.15, -0.1) is 0 Å². The van der Waals surface area contributed by atoms with E-state index < -0.39 is 0 Å². The quantitative estimate of drug-likeness (QED) is 0.383. The van der Waals surface area contributed by atoms with E-state index >= 15 is 0 Å². The van der Waals surface area contributed by atoms with E-state index in [2.05, 4.69) is 4.99 Å². The molecule has 15 heavy (non-hydrogen) atoms. The van der Waals surface area contributed by atoms with Crippen LogP contribution in [0.5, 0.6) is 0 Å². The normalized spacial score (nSPS) is 10.9. The van der Waals surface area contributed by atoms with Crippen LogP contribution in [-0.4, -0.2) is 12.1 Å². The maximum Gasteiger partial charge on any atom is 0.170 e. The fourth-order valence-corrected chi connectivity index (χ4v) is 1.09. The first-order chi connectivity index (χ1) is 7.15. The number of carbonyl (C=O) groups is 1. The van der Waals surface area contributed by atoms with E-state index in [9.17, 15) is 4.79 Å². The number of nitrogens with two attached hydrogens (primary N) is 1. The number of carbonyl (C=O) groups excluding carboxylic acids is 1. The van der Waals surface area contributed by atoms with Gasteiger partial charge in [-0.2, -0.15) is 0 Å². The third-order valence-corrected chi connectivity index (χ3v) is 2.00. The highest BCUT2D eigenvalue weighted by molar-refractivity contribution is 6.57. The van der Waals surface area contributed by atoms with Crippen LogP contribution in [0, 0.1) is 0 Å². The molecule has 0 fully saturated rings. The molecule has 0 atom stereocenters. The molecular weight excluding hydrogens is 235 g/mol. The van der Waals surface area contributed by atoms with Gasteiger partial charge < -0.3 is 5.73 Å². The molecule has 0 bridgehead atoms. The number of hydrogen-bond donors (Lipinski definition) is 1. The van der Waals surface area contributed by atoms with E-state index in [4.69, 9.17) is 28.9 Å². The lowest BCUT2D eigenvalue weighted by atomic mass is 10.2. The van der Waals surface area contributed by atoms with E-state index in [1.165, 1.54) is 0 Å². The molecule has 0 aromatic heterocycles. The van der Waals surface area contributed by atoms with Crippen molar-refractivity contribution in [3.63, 3.8) is 0 Å². The van der Waals surface area contributed by atoms with Gasteiger partial charge in [0.15, 0.2) is 6.29 Å². The number of halogens is 2. The molecule has 1 aromatic carbocycles. The van der Waals surface area contributed by atoms with Gasteiger partial charge in [-0.25, -0.2) is 4.99 Å². The Kier molecular flexibility index (Phi) is 4.34. The van der Waals surface area contributed by atoms with Crippen molar-refractivity contribution in [3.8, 4) is 0 Å². The Morgan fingerprint density at radius 2 is 1.87 bits per heavy atom. The number of benzene rings is 1. The number of hydrogen-bond acceptors (Lipinski definition) is 2. The summed E-state index contributed by atoms with van der Waals surface area (Å²) in [6.07, 6.45) is 0.450. The van der Waals surface area contributed by atoms with Crippen molar-refractivity contribution in [3.05, 3.63) is 46.1 Å². The molecular formula is C10H8Cl2N2O. The molecule has 0 unspecified atom stereocenters. The van der Waals surface area contributed by atoms with Crippen molar-refractivity contribution in [2.75, 3.05) is 0 Å². The number of nitrogens with zero attached hydrogens (tertiary/aromatic N) is 1. The second kappa shape index (κ2) is 5.53. The summed E-state index contributed by atoms with van der Waals surface area (Å²) < 4.78 is -0.205. The second-order valence-corrected chi connectivity index (χ2v) is 3.58. The molecule has 3 nitrogen and oxygen atoms in total. The molecule has 5 heteroatoms. The van der Waals surface area contributed by atoms with E-state index in [0.717, 1.165) is 0 Å². The van der Waals surface area contributed by atoms with Crippen molar-refractivity contribution in [1.29, 1.82) is 0 Å². The zero-order valence-electron chi connectivity index (χ0n) is 7.65. The lowest BCUT2D eigenvalue weighted by Gasteiger charge is -1.99. The third kappa shape index (κ3) is 3.38. The van der Waals surface area contributed by atoms with E-state index in [0.29, 0.717) is 11.8 Å². The van der Waals surface area contributed by atoms with Gasteiger partial charge in [0.1, 0.15) is 16.0 Å². The van der Waals surface area contributed by atoms with Crippen LogP contribution >= 0.6 is 23.2 Å². The summed E-state index contributed by atoms with van der Waals surface area (Å²) in [6.45, 7) is 0. The minimum absolute atomic E-state index is 0.0836. The van der Waals surface area contributed by atoms with Gasteiger partial charge in [-0.3, -0.25) is 4.79 Å². The SMILES string of the molecule is N/C(=N\C(C=O)=C(Cl)Cl)c1ccccc1. The molecule has 0 spiro atoms. The summed E-state index contributed by atoms with van der Waals surface area (Å²) in [4.78, 5) is 14.3. The zero-order valence-corrected chi connectivity index (χ0v) is 9.16. The van der Waals surface area contributed by atoms with Crippen LogP contribution < -0.4 is 5.73 Å². The first-order valence-electron chi connectivity index (χ1n) is 4.05. The third-order valence-electron chi connectivity index (χ3n) is 1.62. The summed E-state index contributed by atoms with van der Waals surface area (Å²) in [5, 5.41) is 0. The molecule has 0 saturated carbocycles. The summed E-state index contributed by atoms with van der Waals surface area (Å²) in [7, 11) is 0. The Bertz CT molecular complexity index is 409. The maximum absolute atomic E-state index is 10.5. The highest BCUT2D eigenvalue weighted by Gasteiger charge is 2.02. The Balaban J connectivity index is 3.04. The van der Waals surface area contributed by atoms with Crippen molar-refractivity contribution in [2.45, 2.75) is 0 Å². The van der Waals surface area contributed by atoms with Crippen molar-refractivity contribution in [1.82, 2.24) is 0 Å². The fourth-order valence-electron chi connectivity index (χ4n) is 0.916. The number of aldehydes is 1. The number of rotatable bonds is 3. The van der Waals surface area contributed by atoms with Gasteiger partial charge in [0.05, 0.1) is 0 Å². The number of amidine groups is 1. The van der Waals surface area contributed by atoms with Crippen LogP contribution in [0.3, 0.4) is 0 Å². The highest BCUT2D eigenvalue weighted by atomic mass is 35.5. The average molecular weight is 243 g/mol. The summed E-state index contributed by atoms with van der Waals surface area (Å²) in [6, 6.07) is 9.00. The van der Waals surface area contributed by atoms with E-state index in [1.54, 1.807) is 12.1 Å². The maximum atomic E-state index is 10.5. The lowest BCUT2D eigenvalue weighted by Crippen LogP contribution is -2.13. The highest BCUT2D eigenvalue weighted by Crippen LogP contribution is 2.14. The topological polar surface area (TPSA) is 55.4 Å². The Hall–Kier alpha value is -1.32. The summed E-state index contributed by atoms with van der Waals surface area (Å²) >= 11 is 10.9. The molecule has 0 amide bonds. The molecule has 78 valence electrons. The fraction of sp³-hybridized carbons (Fsp3) is 0. The zero-order chi connectivity index (χ0) is 11.3. The molecule has 0 heterocycles. The predicted molar refractivity (Wildman–Crippen MR) is 62.0 cm³/mol. The van der Waals surface area contributed by atoms with Crippen molar-refractivity contribution in [2.24, 2.45) is 10.7 Å². The van der Waals surface area contributed by atoms with Crippen molar-refractivity contribution < 1.29 is 4.79 Å².